The Morgan fingerprint density at radius 3 is 2.42 bits per heavy atom. The fourth-order valence-corrected chi connectivity index (χ4v) is 6.46. The van der Waals surface area contributed by atoms with E-state index < -0.39 is 23.6 Å². The lowest BCUT2D eigenvalue weighted by Gasteiger charge is -2.41. The number of aliphatic hydroxyl groups is 1. The van der Waals surface area contributed by atoms with Gasteiger partial charge in [-0.3, -0.25) is 9.88 Å². The molecule has 3 aromatic rings. The highest BCUT2D eigenvalue weighted by Gasteiger charge is 2.35. The van der Waals surface area contributed by atoms with Crippen LogP contribution < -0.4 is 4.74 Å². The van der Waals surface area contributed by atoms with Gasteiger partial charge in [0, 0.05) is 61.1 Å². The van der Waals surface area contributed by atoms with Crippen molar-refractivity contribution >= 4 is 10.9 Å². The molecule has 1 atom stereocenters. The fourth-order valence-electron chi connectivity index (χ4n) is 6.46. The average Bonchev–Trinajstić information content (AvgIpc) is 3.02. The van der Waals surface area contributed by atoms with Gasteiger partial charge in [-0.25, -0.2) is 17.6 Å². The van der Waals surface area contributed by atoms with Gasteiger partial charge in [-0.15, -0.1) is 0 Å². The molecule has 2 aromatic carbocycles. The maximum Gasteiger partial charge on any atom is 0.132 e. The summed E-state index contributed by atoms with van der Waals surface area (Å²) in [7, 11) is 1.59. The van der Waals surface area contributed by atoms with E-state index in [1.54, 1.807) is 13.3 Å². The molecule has 6 nitrogen and oxygen atoms in total. The Labute approximate surface area is 250 Å². The van der Waals surface area contributed by atoms with Gasteiger partial charge in [-0.05, 0) is 87.3 Å². The molecule has 1 aromatic heterocycles. The number of piperidine rings is 1. The van der Waals surface area contributed by atoms with Gasteiger partial charge in [-0.1, -0.05) is 0 Å². The van der Waals surface area contributed by atoms with Crippen LogP contribution in [0, 0.1) is 22.9 Å². The van der Waals surface area contributed by atoms with E-state index in [1.165, 1.54) is 0 Å². The number of halogens is 4. The first-order valence-electron chi connectivity index (χ1n) is 15.2. The van der Waals surface area contributed by atoms with Crippen molar-refractivity contribution in [3.05, 3.63) is 70.7 Å². The number of nitrogens with zero attached hydrogens (tertiary/aromatic N) is 3. The predicted octanol–water partition coefficient (Wildman–Crippen LogP) is 5.99. The molecule has 2 fully saturated rings. The van der Waals surface area contributed by atoms with Crippen LogP contribution in [0.3, 0.4) is 0 Å². The summed E-state index contributed by atoms with van der Waals surface area (Å²) < 4.78 is 68.5. The first-order chi connectivity index (χ1) is 20.8. The summed E-state index contributed by atoms with van der Waals surface area (Å²) in [6, 6.07) is 6.96. The number of pyridine rings is 1. The van der Waals surface area contributed by atoms with Crippen molar-refractivity contribution in [2.45, 2.75) is 51.2 Å². The van der Waals surface area contributed by atoms with Crippen LogP contribution in [0.2, 0.25) is 0 Å². The summed E-state index contributed by atoms with van der Waals surface area (Å²) in [5, 5.41) is 11.2. The van der Waals surface area contributed by atoms with Gasteiger partial charge >= 0.3 is 0 Å². The van der Waals surface area contributed by atoms with Crippen LogP contribution in [0.5, 0.6) is 5.75 Å². The summed E-state index contributed by atoms with van der Waals surface area (Å²) in [5.41, 5.74) is 1.74. The quantitative estimate of drug-likeness (QED) is 0.257. The first kappa shape index (κ1) is 31.6. The van der Waals surface area contributed by atoms with Crippen LogP contribution in [0.1, 0.15) is 55.0 Å². The van der Waals surface area contributed by atoms with Crippen LogP contribution in [0.4, 0.5) is 17.6 Å². The van der Waals surface area contributed by atoms with E-state index in [-0.39, 0.29) is 30.4 Å². The highest BCUT2D eigenvalue weighted by atomic mass is 19.1. The van der Waals surface area contributed by atoms with Crippen LogP contribution in [0.25, 0.3) is 10.9 Å². The van der Waals surface area contributed by atoms with E-state index >= 15 is 4.39 Å². The molecule has 234 valence electrons. The van der Waals surface area contributed by atoms with E-state index in [1.807, 2.05) is 18.2 Å². The monoisotopic (exact) mass is 603 g/mol. The Morgan fingerprint density at radius 2 is 1.74 bits per heavy atom. The number of likely N-dealkylation sites (tertiary alicyclic amines) is 1. The zero-order valence-corrected chi connectivity index (χ0v) is 24.8. The number of hydrogen-bond acceptors (Lipinski definition) is 6. The zero-order valence-electron chi connectivity index (χ0n) is 24.8. The molecule has 10 heteroatoms. The van der Waals surface area contributed by atoms with Gasteiger partial charge in [0.2, 0.25) is 0 Å². The maximum atomic E-state index is 16.4. The number of aliphatic hydroxyl groups excluding tert-OH is 1. The van der Waals surface area contributed by atoms with Crippen LogP contribution >= 0.6 is 0 Å². The number of hydrogen-bond donors (Lipinski definition) is 1. The summed E-state index contributed by atoms with van der Waals surface area (Å²) >= 11 is 0. The van der Waals surface area contributed by atoms with Crippen molar-refractivity contribution in [2.24, 2.45) is 5.41 Å². The minimum Gasteiger partial charge on any atom is -0.497 e. The molecule has 43 heavy (non-hydrogen) atoms. The third-order valence-electron chi connectivity index (χ3n) is 9.20. The fraction of sp³-hybridized carbons (Fsp3) is 0.545. The normalized spacial score (nSPS) is 18.7. The average molecular weight is 604 g/mol. The predicted molar refractivity (Wildman–Crippen MR) is 157 cm³/mol. The molecule has 0 aliphatic carbocycles. The van der Waals surface area contributed by atoms with Gasteiger partial charge in [-0.2, -0.15) is 0 Å². The van der Waals surface area contributed by atoms with Crippen LogP contribution in [-0.4, -0.2) is 79.5 Å². The molecule has 2 aliphatic rings. The first-order valence-corrected chi connectivity index (χ1v) is 15.2. The van der Waals surface area contributed by atoms with Crippen molar-refractivity contribution < 1.29 is 32.1 Å². The third kappa shape index (κ3) is 7.66. The van der Waals surface area contributed by atoms with Crippen molar-refractivity contribution in [1.29, 1.82) is 0 Å². The Bertz CT molecular complexity index is 1350. The van der Waals surface area contributed by atoms with Gasteiger partial charge in [0.15, 0.2) is 0 Å². The highest BCUT2D eigenvalue weighted by Crippen LogP contribution is 2.41. The largest absolute Gasteiger partial charge is 0.497 e. The SMILES string of the molecule is COc1ccc2ncc(CN3CCOCC3)c([C@H](F)CCC3(CO)CCN(CCCc4c(F)cc(F)cc4F)CC3)c2c1. The topological polar surface area (TPSA) is 58.1 Å². The number of aromatic nitrogens is 1. The minimum absolute atomic E-state index is 0.0227. The lowest BCUT2D eigenvalue weighted by Crippen LogP contribution is -2.42. The molecule has 0 spiro atoms. The lowest BCUT2D eigenvalue weighted by atomic mass is 9.74. The summed E-state index contributed by atoms with van der Waals surface area (Å²) in [6.45, 7) is 5.50. The second-order valence-corrected chi connectivity index (χ2v) is 11.9. The number of fused-ring (bicyclic) bond motifs is 1. The Kier molecular flexibility index (Phi) is 10.5. The molecule has 2 aliphatic heterocycles. The molecule has 0 radical (unpaired) electrons. The minimum atomic E-state index is -1.24. The number of morpholine rings is 1. The Hall–Kier alpha value is -2.79. The summed E-state index contributed by atoms with van der Waals surface area (Å²) in [6.07, 6.45) is 3.49. The van der Waals surface area contributed by atoms with E-state index in [2.05, 4.69) is 14.8 Å². The molecule has 0 amide bonds. The van der Waals surface area contributed by atoms with E-state index in [4.69, 9.17) is 9.47 Å². The van der Waals surface area contributed by atoms with Gasteiger partial charge < -0.3 is 19.5 Å². The number of rotatable bonds is 12. The number of methoxy groups -OCH3 is 1. The summed E-state index contributed by atoms with van der Waals surface area (Å²) in [5.74, 6) is -1.99. The second-order valence-electron chi connectivity index (χ2n) is 11.9. The number of benzene rings is 2. The van der Waals surface area contributed by atoms with E-state index in [0.717, 1.165) is 29.6 Å². The Morgan fingerprint density at radius 1 is 1.02 bits per heavy atom. The molecule has 3 heterocycles. The van der Waals surface area contributed by atoms with Crippen LogP contribution in [0.15, 0.2) is 36.5 Å². The van der Waals surface area contributed by atoms with E-state index in [9.17, 15) is 18.3 Å². The van der Waals surface area contributed by atoms with Crippen molar-refractivity contribution in [2.75, 3.05) is 59.7 Å². The molecular weight excluding hydrogens is 562 g/mol. The van der Waals surface area contributed by atoms with Gasteiger partial charge in [0.25, 0.3) is 0 Å². The number of ether oxygens (including phenoxy) is 2. The lowest BCUT2D eigenvalue weighted by molar-refractivity contribution is 0.0293. The van der Waals surface area contributed by atoms with Crippen LogP contribution in [-0.2, 0) is 17.7 Å². The molecule has 0 unspecified atom stereocenters. The standard InChI is InChI=1S/C33H41F4N3O3/c1-42-25-4-5-31-27(19-25)32(23(20-38-31)21-40-13-15-43-16-14-40)28(35)6-7-33(22-41)8-11-39(12-9-33)10-2-3-26-29(36)17-24(34)18-30(26)37/h4-5,17-20,28,41H,2-3,6-16,21-22H2,1H3/t28-/m1/s1. The smallest absolute Gasteiger partial charge is 0.132 e. The molecule has 5 rings (SSSR count). The molecule has 0 saturated carbocycles. The third-order valence-corrected chi connectivity index (χ3v) is 9.20. The van der Waals surface area contributed by atoms with Gasteiger partial charge in [0.05, 0.1) is 25.8 Å². The summed E-state index contributed by atoms with van der Waals surface area (Å²) in [4.78, 5) is 9.09. The second kappa shape index (κ2) is 14.3. The molecule has 0 bridgehead atoms. The Balaban J connectivity index is 1.22. The van der Waals surface area contributed by atoms with Crippen molar-refractivity contribution in [1.82, 2.24) is 14.8 Å². The number of alkyl halides is 1. The zero-order chi connectivity index (χ0) is 30.4. The molecule has 2 saturated heterocycles. The van der Waals surface area contributed by atoms with E-state index in [0.29, 0.717) is 88.5 Å². The van der Waals surface area contributed by atoms with Gasteiger partial charge in [0.1, 0.15) is 29.4 Å². The molecule has 1 N–H and O–H groups in total. The highest BCUT2D eigenvalue weighted by molar-refractivity contribution is 5.85. The maximum absolute atomic E-state index is 16.4. The molecular formula is C33H41F4N3O3. The van der Waals surface area contributed by atoms with Crippen molar-refractivity contribution in [3.63, 3.8) is 0 Å². The van der Waals surface area contributed by atoms with Crippen molar-refractivity contribution in [3.8, 4) is 5.75 Å².